The molecule has 0 bridgehead atoms. The van der Waals surface area contributed by atoms with E-state index in [4.69, 9.17) is 4.74 Å². The molecule has 8 nitrogen and oxygen atoms in total. The Morgan fingerprint density at radius 1 is 1.09 bits per heavy atom. The summed E-state index contributed by atoms with van der Waals surface area (Å²) in [4.78, 5) is 31.7. The van der Waals surface area contributed by atoms with Crippen molar-refractivity contribution < 1.29 is 14.3 Å². The minimum absolute atomic E-state index is 0.0168. The van der Waals surface area contributed by atoms with Gasteiger partial charge in [0.2, 0.25) is 0 Å². The maximum Gasteiger partial charge on any atom is 0.325 e. The van der Waals surface area contributed by atoms with Crippen LogP contribution < -0.4 is 15.8 Å². The summed E-state index contributed by atoms with van der Waals surface area (Å²) in [6, 6.07) is 16.0. The molecule has 2 aromatic carbocycles. The molecular weight excluding hydrogens is 430 g/mol. The van der Waals surface area contributed by atoms with Crippen LogP contribution >= 0.6 is 0 Å². The number of carbonyl (C=O) groups is 2. The van der Waals surface area contributed by atoms with Gasteiger partial charge in [-0.2, -0.15) is 0 Å². The van der Waals surface area contributed by atoms with Gasteiger partial charge in [0.25, 0.3) is 5.91 Å². The van der Waals surface area contributed by atoms with E-state index in [1.54, 1.807) is 19.0 Å². The van der Waals surface area contributed by atoms with Gasteiger partial charge in [0.15, 0.2) is 0 Å². The Morgan fingerprint density at radius 3 is 2.47 bits per heavy atom. The van der Waals surface area contributed by atoms with Crippen molar-refractivity contribution in [2.24, 2.45) is 0 Å². The minimum atomic E-state index is -0.269. The molecule has 8 heteroatoms. The van der Waals surface area contributed by atoms with E-state index in [1.165, 1.54) is 5.56 Å². The van der Waals surface area contributed by atoms with Crippen LogP contribution in [-0.4, -0.2) is 74.2 Å². The molecule has 3 heterocycles. The molecule has 3 saturated heterocycles. The van der Waals surface area contributed by atoms with Crippen LogP contribution in [0.4, 0.5) is 10.5 Å². The van der Waals surface area contributed by atoms with Crippen LogP contribution in [0.1, 0.15) is 40.2 Å². The Balaban J connectivity index is 1.40. The Kier molecular flexibility index (Phi) is 6.29. The van der Waals surface area contributed by atoms with Gasteiger partial charge in [-0.3, -0.25) is 20.5 Å². The van der Waals surface area contributed by atoms with E-state index in [9.17, 15) is 9.59 Å². The third-order valence-electron chi connectivity index (χ3n) is 7.33. The van der Waals surface area contributed by atoms with Crippen molar-refractivity contribution >= 4 is 17.6 Å². The van der Waals surface area contributed by atoms with E-state index in [1.807, 2.05) is 34.1 Å². The number of ether oxygens (including phenoxy) is 1. The van der Waals surface area contributed by atoms with Crippen LogP contribution in [0.2, 0.25) is 0 Å². The van der Waals surface area contributed by atoms with Crippen molar-refractivity contribution in [2.45, 2.75) is 30.8 Å². The van der Waals surface area contributed by atoms with Gasteiger partial charge in [-0.05, 0) is 48.2 Å². The Labute approximate surface area is 200 Å². The van der Waals surface area contributed by atoms with Crippen LogP contribution in [0.3, 0.4) is 0 Å². The van der Waals surface area contributed by atoms with E-state index in [0.29, 0.717) is 37.8 Å². The second-order valence-corrected chi connectivity index (χ2v) is 9.74. The SMILES string of the molecule is CN(C)C(=O)c1cccc(CN2C(=O)N(c3ccc(C4CNNC4)cc3)CC23CCOCC3)c1. The van der Waals surface area contributed by atoms with Gasteiger partial charge >= 0.3 is 6.03 Å². The number of hydrazine groups is 1. The monoisotopic (exact) mass is 463 g/mol. The highest BCUT2D eigenvalue weighted by atomic mass is 16.5. The zero-order valence-electron chi connectivity index (χ0n) is 19.9. The molecule has 3 aliphatic rings. The van der Waals surface area contributed by atoms with Crippen molar-refractivity contribution in [2.75, 3.05) is 51.8 Å². The highest BCUT2D eigenvalue weighted by molar-refractivity contribution is 5.96. The standard InChI is InChI=1S/C26H33N5O3/c1-29(2)24(32)21-5-3-4-19(14-21)17-31-25(33)30(18-26(31)10-12-34-13-11-26)23-8-6-20(7-9-23)22-15-27-28-16-22/h3-9,14,22,27-28H,10-13,15-18H2,1-2H3. The summed E-state index contributed by atoms with van der Waals surface area (Å²) in [5.41, 5.74) is 9.88. The highest BCUT2D eigenvalue weighted by Crippen LogP contribution is 2.39. The zero-order chi connectivity index (χ0) is 23.7. The average Bonchev–Trinajstić information content (AvgIpc) is 3.48. The van der Waals surface area contributed by atoms with Gasteiger partial charge in [-0.15, -0.1) is 0 Å². The van der Waals surface area contributed by atoms with Crippen LogP contribution in [-0.2, 0) is 11.3 Å². The fourth-order valence-corrected chi connectivity index (χ4v) is 5.28. The number of urea groups is 1. The number of hydrogen-bond donors (Lipinski definition) is 2. The summed E-state index contributed by atoms with van der Waals surface area (Å²) in [6.45, 7) is 4.25. The van der Waals surface area contributed by atoms with Crippen LogP contribution in [0.5, 0.6) is 0 Å². The predicted octanol–water partition coefficient (Wildman–Crippen LogP) is 2.57. The molecule has 2 N–H and O–H groups in total. The van der Waals surface area contributed by atoms with Gasteiger partial charge < -0.3 is 14.5 Å². The molecule has 2 aromatic rings. The van der Waals surface area contributed by atoms with Gasteiger partial charge in [-0.1, -0.05) is 24.3 Å². The average molecular weight is 464 g/mol. The van der Waals surface area contributed by atoms with Gasteiger partial charge in [-0.25, -0.2) is 4.79 Å². The fourth-order valence-electron chi connectivity index (χ4n) is 5.28. The fraction of sp³-hybridized carbons (Fsp3) is 0.462. The second-order valence-electron chi connectivity index (χ2n) is 9.74. The molecule has 0 aromatic heterocycles. The quantitative estimate of drug-likeness (QED) is 0.713. The van der Waals surface area contributed by atoms with Crippen molar-refractivity contribution in [3.8, 4) is 0 Å². The van der Waals surface area contributed by atoms with E-state index >= 15 is 0 Å². The van der Waals surface area contributed by atoms with E-state index < -0.39 is 0 Å². The summed E-state index contributed by atoms with van der Waals surface area (Å²) in [6.07, 6.45) is 1.62. The molecule has 34 heavy (non-hydrogen) atoms. The number of anilines is 1. The number of nitrogens with one attached hydrogen (secondary N) is 2. The summed E-state index contributed by atoms with van der Waals surface area (Å²) < 4.78 is 5.66. The van der Waals surface area contributed by atoms with Gasteiger partial charge in [0, 0.05) is 64.1 Å². The zero-order valence-corrected chi connectivity index (χ0v) is 19.9. The highest BCUT2D eigenvalue weighted by Gasteiger charge is 2.50. The number of amides is 3. The van der Waals surface area contributed by atoms with E-state index in [0.717, 1.165) is 37.2 Å². The summed E-state index contributed by atoms with van der Waals surface area (Å²) in [5, 5.41) is 0. The van der Waals surface area contributed by atoms with Crippen LogP contribution in [0.15, 0.2) is 48.5 Å². The molecule has 3 fully saturated rings. The smallest absolute Gasteiger partial charge is 0.325 e. The minimum Gasteiger partial charge on any atom is -0.381 e. The molecule has 180 valence electrons. The molecular formula is C26H33N5O3. The second kappa shape index (κ2) is 9.37. The third kappa shape index (κ3) is 4.29. The first-order valence-electron chi connectivity index (χ1n) is 12.0. The maximum absolute atomic E-state index is 13.8. The topological polar surface area (TPSA) is 77.2 Å². The van der Waals surface area contributed by atoms with Crippen molar-refractivity contribution in [1.82, 2.24) is 20.7 Å². The molecule has 1 spiro atoms. The summed E-state index contributed by atoms with van der Waals surface area (Å²) in [5.74, 6) is 0.406. The van der Waals surface area contributed by atoms with Crippen molar-refractivity contribution in [3.05, 3.63) is 65.2 Å². The lowest BCUT2D eigenvalue weighted by Crippen LogP contribution is -2.50. The van der Waals surface area contributed by atoms with Gasteiger partial charge in [0.1, 0.15) is 0 Å². The molecule has 0 aliphatic carbocycles. The maximum atomic E-state index is 13.8. The molecule has 3 aliphatic heterocycles. The summed E-state index contributed by atoms with van der Waals surface area (Å²) >= 11 is 0. The normalized spacial score (nSPS) is 20.4. The van der Waals surface area contributed by atoms with Crippen LogP contribution in [0.25, 0.3) is 0 Å². The molecule has 5 rings (SSSR count). The number of carbonyl (C=O) groups excluding carboxylic acids is 2. The number of benzene rings is 2. The predicted molar refractivity (Wildman–Crippen MR) is 131 cm³/mol. The lowest BCUT2D eigenvalue weighted by Gasteiger charge is -2.40. The first-order valence-corrected chi connectivity index (χ1v) is 12.0. The Morgan fingerprint density at radius 2 is 1.79 bits per heavy atom. The number of rotatable bonds is 5. The van der Waals surface area contributed by atoms with E-state index in [-0.39, 0.29) is 17.5 Å². The summed E-state index contributed by atoms with van der Waals surface area (Å²) in [7, 11) is 3.50. The van der Waals surface area contributed by atoms with E-state index in [2.05, 4.69) is 35.1 Å². The Hall–Kier alpha value is -2.94. The molecule has 0 saturated carbocycles. The first kappa shape index (κ1) is 22.8. The van der Waals surface area contributed by atoms with Crippen LogP contribution in [0, 0.1) is 0 Å². The lowest BCUT2D eigenvalue weighted by molar-refractivity contribution is 0.00611. The third-order valence-corrected chi connectivity index (χ3v) is 7.33. The molecule has 0 unspecified atom stereocenters. The lowest BCUT2D eigenvalue weighted by atomic mass is 9.88. The van der Waals surface area contributed by atoms with Gasteiger partial charge in [0.05, 0.1) is 12.1 Å². The first-order chi connectivity index (χ1) is 16.5. The largest absolute Gasteiger partial charge is 0.381 e. The van der Waals surface area contributed by atoms with Crippen molar-refractivity contribution in [1.29, 1.82) is 0 Å². The number of nitrogens with zero attached hydrogens (tertiary/aromatic N) is 3. The molecule has 0 radical (unpaired) electrons. The Bertz CT molecular complexity index is 1040. The molecule has 0 atom stereocenters. The van der Waals surface area contributed by atoms with Crippen molar-refractivity contribution in [3.63, 3.8) is 0 Å². The molecule has 3 amide bonds. The number of hydrogen-bond acceptors (Lipinski definition) is 5.